The summed E-state index contributed by atoms with van der Waals surface area (Å²) in [7, 11) is 1.59. The van der Waals surface area contributed by atoms with Crippen LogP contribution in [0.4, 0.5) is 0 Å². The molecule has 1 N–H and O–H groups in total. The Morgan fingerprint density at radius 2 is 1.96 bits per heavy atom. The molecular weight excluding hydrogens is 310 g/mol. The molecule has 1 aliphatic carbocycles. The molecular formula is C17H19N3O4. The van der Waals surface area contributed by atoms with Crippen molar-refractivity contribution < 1.29 is 19.4 Å². The van der Waals surface area contributed by atoms with Gasteiger partial charge in [-0.25, -0.2) is 9.48 Å². The first-order valence-corrected chi connectivity index (χ1v) is 7.77. The third-order valence-corrected chi connectivity index (χ3v) is 4.09. The van der Waals surface area contributed by atoms with Gasteiger partial charge in [0.2, 0.25) is 0 Å². The molecule has 24 heavy (non-hydrogen) atoms. The van der Waals surface area contributed by atoms with Crippen LogP contribution in [-0.4, -0.2) is 50.9 Å². The Labute approximate surface area is 139 Å². The van der Waals surface area contributed by atoms with Gasteiger partial charge in [-0.3, -0.25) is 4.79 Å². The van der Waals surface area contributed by atoms with Crippen molar-refractivity contribution in [2.75, 3.05) is 7.11 Å². The average molecular weight is 329 g/mol. The molecule has 0 radical (unpaired) electrons. The molecule has 1 saturated carbocycles. The van der Waals surface area contributed by atoms with E-state index in [1.165, 1.54) is 11.8 Å². The van der Waals surface area contributed by atoms with Crippen LogP contribution < -0.4 is 4.74 Å². The largest absolute Gasteiger partial charge is 0.497 e. The molecule has 126 valence electrons. The third kappa shape index (κ3) is 3.10. The molecule has 0 aliphatic heterocycles. The second kappa shape index (κ2) is 6.35. The van der Waals surface area contributed by atoms with Crippen LogP contribution in [0.3, 0.4) is 0 Å². The van der Waals surface area contributed by atoms with Gasteiger partial charge in [0, 0.05) is 12.2 Å². The third-order valence-electron chi connectivity index (χ3n) is 4.09. The summed E-state index contributed by atoms with van der Waals surface area (Å²) < 4.78 is 6.70. The molecule has 1 aromatic carbocycles. The summed E-state index contributed by atoms with van der Waals surface area (Å²) in [6.45, 7) is 1.53. The predicted octanol–water partition coefficient (Wildman–Crippen LogP) is 1.96. The number of nitrogens with zero attached hydrogens (tertiary/aromatic N) is 3. The van der Waals surface area contributed by atoms with E-state index in [0.29, 0.717) is 0 Å². The molecule has 0 saturated heterocycles. The van der Waals surface area contributed by atoms with E-state index in [4.69, 9.17) is 4.74 Å². The first-order chi connectivity index (χ1) is 11.5. The fourth-order valence-corrected chi connectivity index (χ4v) is 2.58. The van der Waals surface area contributed by atoms with E-state index in [0.717, 1.165) is 24.3 Å². The molecule has 3 rings (SSSR count). The zero-order chi connectivity index (χ0) is 17.3. The van der Waals surface area contributed by atoms with E-state index >= 15 is 0 Å². The van der Waals surface area contributed by atoms with Gasteiger partial charge >= 0.3 is 5.97 Å². The maximum atomic E-state index is 12.7. The lowest BCUT2D eigenvalue weighted by Gasteiger charge is -2.25. The van der Waals surface area contributed by atoms with E-state index in [9.17, 15) is 14.7 Å². The van der Waals surface area contributed by atoms with Gasteiger partial charge in [-0.15, -0.1) is 0 Å². The molecule has 0 bridgehead atoms. The van der Waals surface area contributed by atoms with Crippen LogP contribution in [0.15, 0.2) is 36.5 Å². The molecule has 1 aliphatic rings. The number of benzene rings is 1. The van der Waals surface area contributed by atoms with Gasteiger partial charge in [0.15, 0.2) is 5.69 Å². The number of aromatic nitrogens is 2. The van der Waals surface area contributed by atoms with Crippen LogP contribution in [0.1, 0.15) is 30.3 Å². The van der Waals surface area contributed by atoms with Crippen LogP contribution in [0.25, 0.3) is 5.69 Å². The first kappa shape index (κ1) is 16.0. The van der Waals surface area contributed by atoms with Crippen molar-refractivity contribution in [3.05, 3.63) is 42.2 Å². The summed E-state index contributed by atoms with van der Waals surface area (Å²) >= 11 is 0. The standard InChI is InChI=1S/C17H19N3O4/c1-11(17(22)23)20(13-3-4-13)16(21)15-9-10-19(18-15)12-5-7-14(24-2)8-6-12/h5-11,13H,3-4H2,1-2H3,(H,22,23). The number of methoxy groups -OCH3 is 1. The van der Waals surface area contributed by atoms with Gasteiger partial charge in [0.1, 0.15) is 11.8 Å². The van der Waals surface area contributed by atoms with E-state index in [1.807, 2.05) is 24.3 Å². The minimum absolute atomic E-state index is 0.00487. The van der Waals surface area contributed by atoms with Gasteiger partial charge in [0.05, 0.1) is 12.8 Å². The molecule has 1 amide bonds. The number of aliphatic carboxylic acids is 1. The zero-order valence-electron chi connectivity index (χ0n) is 13.5. The van der Waals surface area contributed by atoms with E-state index in [1.54, 1.807) is 24.1 Å². The van der Waals surface area contributed by atoms with Crippen molar-refractivity contribution in [3.8, 4) is 11.4 Å². The second-order valence-corrected chi connectivity index (χ2v) is 5.80. The smallest absolute Gasteiger partial charge is 0.326 e. The zero-order valence-corrected chi connectivity index (χ0v) is 13.5. The Hall–Kier alpha value is -2.83. The SMILES string of the molecule is COc1ccc(-n2ccc(C(=O)N(C3CC3)C(C)C(=O)O)n2)cc1. The van der Waals surface area contributed by atoms with Crippen LogP contribution >= 0.6 is 0 Å². The van der Waals surface area contributed by atoms with Gasteiger partial charge in [0.25, 0.3) is 5.91 Å². The van der Waals surface area contributed by atoms with Crippen molar-refractivity contribution in [3.63, 3.8) is 0 Å². The number of hydrogen-bond acceptors (Lipinski definition) is 4. The quantitative estimate of drug-likeness (QED) is 0.876. The number of amides is 1. The van der Waals surface area contributed by atoms with Crippen molar-refractivity contribution in [2.24, 2.45) is 0 Å². The van der Waals surface area contributed by atoms with Crippen molar-refractivity contribution in [1.82, 2.24) is 14.7 Å². The lowest BCUT2D eigenvalue weighted by atomic mass is 10.2. The maximum absolute atomic E-state index is 12.7. The molecule has 7 heteroatoms. The predicted molar refractivity (Wildman–Crippen MR) is 86.4 cm³/mol. The average Bonchev–Trinajstić information content (AvgIpc) is 3.29. The number of carbonyl (C=O) groups excluding carboxylic acids is 1. The van der Waals surface area contributed by atoms with Crippen molar-refractivity contribution in [2.45, 2.75) is 31.8 Å². The van der Waals surface area contributed by atoms with E-state index < -0.39 is 12.0 Å². The summed E-state index contributed by atoms with van der Waals surface area (Å²) in [5.74, 6) is -0.623. The molecule has 0 spiro atoms. The molecule has 7 nitrogen and oxygen atoms in total. The number of rotatable bonds is 6. The normalized spacial score (nSPS) is 14.9. The highest BCUT2D eigenvalue weighted by atomic mass is 16.5. The molecule has 1 heterocycles. The lowest BCUT2D eigenvalue weighted by molar-refractivity contribution is -0.141. The monoisotopic (exact) mass is 329 g/mol. The Balaban J connectivity index is 1.83. The molecule has 1 atom stereocenters. The van der Waals surface area contributed by atoms with Gasteiger partial charge < -0.3 is 14.7 Å². The number of hydrogen-bond donors (Lipinski definition) is 1. The van der Waals surface area contributed by atoms with Crippen LogP contribution in [0.2, 0.25) is 0 Å². The highest BCUT2D eigenvalue weighted by Gasteiger charge is 2.39. The number of ether oxygens (including phenoxy) is 1. The van der Waals surface area contributed by atoms with Gasteiger partial charge in [-0.2, -0.15) is 5.10 Å². The van der Waals surface area contributed by atoms with Crippen molar-refractivity contribution >= 4 is 11.9 Å². The minimum Gasteiger partial charge on any atom is -0.497 e. The Kier molecular flexibility index (Phi) is 4.24. The van der Waals surface area contributed by atoms with Crippen molar-refractivity contribution in [1.29, 1.82) is 0 Å². The van der Waals surface area contributed by atoms with Gasteiger partial charge in [-0.05, 0) is 50.1 Å². The highest BCUT2D eigenvalue weighted by Crippen LogP contribution is 2.30. The topological polar surface area (TPSA) is 84.7 Å². The Morgan fingerprint density at radius 3 is 2.50 bits per heavy atom. The Bertz CT molecular complexity index is 749. The van der Waals surface area contributed by atoms with E-state index in [2.05, 4.69) is 5.10 Å². The summed E-state index contributed by atoms with van der Waals surface area (Å²) in [4.78, 5) is 25.4. The molecule has 1 aromatic heterocycles. The van der Waals surface area contributed by atoms with Gasteiger partial charge in [-0.1, -0.05) is 0 Å². The van der Waals surface area contributed by atoms with Crippen LogP contribution in [0, 0.1) is 0 Å². The second-order valence-electron chi connectivity index (χ2n) is 5.80. The Morgan fingerprint density at radius 1 is 1.29 bits per heavy atom. The fraction of sp³-hybridized carbons (Fsp3) is 0.353. The maximum Gasteiger partial charge on any atom is 0.326 e. The molecule has 2 aromatic rings. The summed E-state index contributed by atoms with van der Waals surface area (Å²) in [5.41, 5.74) is 1.03. The fourth-order valence-electron chi connectivity index (χ4n) is 2.58. The molecule has 1 fully saturated rings. The minimum atomic E-state index is -1.01. The number of carboxylic acid groups (broad SMARTS) is 1. The van der Waals surface area contributed by atoms with Crippen LogP contribution in [0.5, 0.6) is 5.75 Å². The molecule has 1 unspecified atom stereocenters. The number of carboxylic acids is 1. The lowest BCUT2D eigenvalue weighted by Crippen LogP contribution is -2.44. The number of carbonyl (C=O) groups is 2. The van der Waals surface area contributed by atoms with Crippen LogP contribution in [-0.2, 0) is 4.79 Å². The summed E-state index contributed by atoms with van der Waals surface area (Å²) in [5, 5.41) is 13.5. The summed E-state index contributed by atoms with van der Waals surface area (Å²) in [6.07, 6.45) is 3.36. The highest BCUT2D eigenvalue weighted by molar-refractivity contribution is 5.95. The van der Waals surface area contributed by atoms with E-state index in [-0.39, 0.29) is 17.6 Å². The summed E-state index contributed by atoms with van der Waals surface area (Å²) in [6, 6.07) is 8.02. The first-order valence-electron chi connectivity index (χ1n) is 7.77.